The lowest BCUT2D eigenvalue weighted by atomic mass is 9.82. The first-order chi connectivity index (χ1) is 13.5. The van der Waals surface area contributed by atoms with Crippen LogP contribution in [0.4, 0.5) is 5.82 Å². The summed E-state index contributed by atoms with van der Waals surface area (Å²) in [5, 5.41) is 8.05. The van der Waals surface area contributed by atoms with Crippen LogP contribution in [-0.2, 0) is 4.74 Å². The Hall–Kier alpha value is -3.16. The van der Waals surface area contributed by atoms with Gasteiger partial charge in [-0.3, -0.25) is 4.79 Å². The van der Waals surface area contributed by atoms with Gasteiger partial charge in [0.25, 0.3) is 0 Å². The Morgan fingerprint density at radius 3 is 2.57 bits per heavy atom. The number of ketones is 1. The number of hydrogen-bond donors (Lipinski definition) is 0. The standard InChI is InChI=1S/C20H21N3O5/c1-26-13-3-4-14-16(24)12-20(28-17(14)11-13)7-9-23(10-8-20)18-6-5-15(21-22-18)19(25)27-2/h3-6,11H,7-10,12H2,1-2H3. The van der Waals surface area contributed by atoms with Crippen molar-refractivity contribution in [3.63, 3.8) is 0 Å². The fourth-order valence-corrected chi connectivity index (χ4v) is 3.73. The summed E-state index contributed by atoms with van der Waals surface area (Å²) in [5.41, 5.74) is 0.274. The second-order valence-electron chi connectivity index (χ2n) is 7.00. The van der Waals surface area contributed by atoms with Crippen molar-refractivity contribution in [2.24, 2.45) is 0 Å². The largest absolute Gasteiger partial charge is 0.497 e. The van der Waals surface area contributed by atoms with Crippen LogP contribution in [0.3, 0.4) is 0 Å². The van der Waals surface area contributed by atoms with Crippen LogP contribution >= 0.6 is 0 Å². The molecule has 0 unspecified atom stereocenters. The third-order valence-electron chi connectivity index (χ3n) is 5.34. The van der Waals surface area contributed by atoms with Gasteiger partial charge in [-0.05, 0) is 24.3 Å². The van der Waals surface area contributed by atoms with E-state index in [9.17, 15) is 9.59 Å². The summed E-state index contributed by atoms with van der Waals surface area (Å²) in [5.74, 6) is 1.53. The lowest BCUT2D eigenvalue weighted by Crippen LogP contribution is -2.51. The van der Waals surface area contributed by atoms with Gasteiger partial charge in [-0.15, -0.1) is 10.2 Å². The molecule has 1 aromatic heterocycles. The van der Waals surface area contributed by atoms with E-state index in [1.54, 1.807) is 37.4 Å². The third-order valence-corrected chi connectivity index (χ3v) is 5.34. The van der Waals surface area contributed by atoms with Crippen LogP contribution < -0.4 is 14.4 Å². The van der Waals surface area contributed by atoms with E-state index < -0.39 is 11.6 Å². The molecule has 0 atom stereocenters. The third kappa shape index (κ3) is 3.26. The predicted octanol–water partition coefficient (Wildman–Crippen LogP) is 2.28. The van der Waals surface area contributed by atoms with Gasteiger partial charge in [0.05, 0.1) is 26.2 Å². The summed E-state index contributed by atoms with van der Waals surface area (Å²) in [6.07, 6.45) is 1.75. The van der Waals surface area contributed by atoms with Gasteiger partial charge in [0.1, 0.15) is 17.1 Å². The van der Waals surface area contributed by atoms with Gasteiger partial charge < -0.3 is 19.1 Å². The number of anilines is 1. The van der Waals surface area contributed by atoms with Crippen LogP contribution in [0.15, 0.2) is 30.3 Å². The van der Waals surface area contributed by atoms with Gasteiger partial charge in [-0.2, -0.15) is 0 Å². The summed E-state index contributed by atoms with van der Waals surface area (Å²) in [7, 11) is 2.90. The molecule has 0 aliphatic carbocycles. The number of Topliss-reactive ketones (excluding diaryl/α,β-unsaturated/α-hetero) is 1. The van der Waals surface area contributed by atoms with Crippen LogP contribution in [0, 0.1) is 0 Å². The van der Waals surface area contributed by atoms with Crippen molar-refractivity contribution >= 4 is 17.6 Å². The van der Waals surface area contributed by atoms with Crippen molar-refractivity contribution < 1.29 is 23.8 Å². The molecule has 2 aliphatic rings. The monoisotopic (exact) mass is 383 g/mol. The Balaban J connectivity index is 1.47. The minimum Gasteiger partial charge on any atom is -0.497 e. The lowest BCUT2D eigenvalue weighted by molar-refractivity contribution is 0.0229. The normalized spacial score (nSPS) is 17.6. The Bertz CT molecular complexity index is 905. The fraction of sp³-hybridized carbons (Fsp3) is 0.400. The Morgan fingerprint density at radius 1 is 1.14 bits per heavy atom. The highest BCUT2D eigenvalue weighted by Crippen LogP contribution is 2.41. The summed E-state index contributed by atoms with van der Waals surface area (Å²) in [6, 6.07) is 8.66. The second-order valence-corrected chi connectivity index (χ2v) is 7.00. The highest BCUT2D eigenvalue weighted by atomic mass is 16.5. The number of methoxy groups -OCH3 is 2. The Kier molecular flexibility index (Phi) is 4.62. The van der Waals surface area contributed by atoms with Crippen LogP contribution in [0.1, 0.15) is 40.1 Å². The number of ether oxygens (including phenoxy) is 3. The van der Waals surface area contributed by atoms with E-state index in [-0.39, 0.29) is 11.5 Å². The number of nitrogens with zero attached hydrogens (tertiary/aromatic N) is 3. The van der Waals surface area contributed by atoms with Crippen LogP contribution in [0.25, 0.3) is 0 Å². The number of rotatable bonds is 3. The number of carbonyl (C=O) groups excluding carboxylic acids is 2. The molecule has 2 aliphatic heterocycles. The van der Waals surface area contributed by atoms with Gasteiger partial charge in [0.2, 0.25) is 0 Å². The molecule has 1 saturated heterocycles. The molecule has 1 aromatic carbocycles. The summed E-state index contributed by atoms with van der Waals surface area (Å²) in [4.78, 5) is 26.2. The van der Waals surface area contributed by atoms with E-state index in [1.807, 2.05) is 0 Å². The first-order valence-corrected chi connectivity index (χ1v) is 9.11. The van der Waals surface area contributed by atoms with Crippen molar-refractivity contribution in [2.45, 2.75) is 24.9 Å². The van der Waals surface area contributed by atoms with Crippen LogP contribution in [0.5, 0.6) is 11.5 Å². The molecule has 0 saturated carbocycles. The van der Waals surface area contributed by atoms with Gasteiger partial charge in [0, 0.05) is 32.0 Å². The number of carbonyl (C=O) groups is 2. The molecular formula is C20H21N3O5. The zero-order valence-electron chi connectivity index (χ0n) is 15.8. The molecule has 3 heterocycles. The fourth-order valence-electron chi connectivity index (χ4n) is 3.73. The molecule has 146 valence electrons. The zero-order valence-corrected chi connectivity index (χ0v) is 15.8. The maximum absolute atomic E-state index is 12.6. The molecule has 0 N–H and O–H groups in total. The smallest absolute Gasteiger partial charge is 0.358 e. The molecule has 8 heteroatoms. The van der Waals surface area contributed by atoms with E-state index in [4.69, 9.17) is 9.47 Å². The quantitative estimate of drug-likeness (QED) is 0.746. The zero-order chi connectivity index (χ0) is 19.7. The number of benzene rings is 1. The minimum atomic E-state index is -0.514. The average Bonchev–Trinajstić information content (AvgIpc) is 2.73. The number of piperidine rings is 1. The summed E-state index contributed by atoms with van der Waals surface area (Å²) in [6.45, 7) is 1.36. The van der Waals surface area contributed by atoms with E-state index in [0.717, 1.165) is 0 Å². The summed E-state index contributed by atoms with van der Waals surface area (Å²) < 4.78 is 16.2. The molecule has 8 nitrogen and oxygen atoms in total. The highest BCUT2D eigenvalue weighted by Gasteiger charge is 2.43. The number of aromatic nitrogens is 2. The Labute approximate surface area is 162 Å². The lowest BCUT2D eigenvalue weighted by Gasteiger charge is -2.44. The number of esters is 1. The van der Waals surface area contributed by atoms with E-state index >= 15 is 0 Å². The molecule has 4 rings (SSSR count). The maximum atomic E-state index is 12.6. The molecule has 0 bridgehead atoms. The van der Waals surface area contributed by atoms with Gasteiger partial charge >= 0.3 is 5.97 Å². The number of hydrogen-bond acceptors (Lipinski definition) is 8. The van der Waals surface area contributed by atoms with Crippen molar-refractivity contribution in [2.75, 3.05) is 32.2 Å². The van der Waals surface area contributed by atoms with Crippen LogP contribution in [0.2, 0.25) is 0 Å². The van der Waals surface area contributed by atoms with Crippen molar-refractivity contribution in [3.8, 4) is 11.5 Å². The van der Waals surface area contributed by atoms with Gasteiger partial charge in [-0.25, -0.2) is 4.79 Å². The van der Waals surface area contributed by atoms with E-state index in [2.05, 4.69) is 19.8 Å². The molecule has 2 aromatic rings. The molecular weight excluding hydrogens is 362 g/mol. The first kappa shape index (κ1) is 18.2. The van der Waals surface area contributed by atoms with Crippen molar-refractivity contribution in [1.29, 1.82) is 0 Å². The SMILES string of the molecule is COC(=O)c1ccc(N2CCC3(CC2)CC(=O)c2ccc(OC)cc2O3)nn1. The molecule has 0 amide bonds. The topological polar surface area (TPSA) is 90.9 Å². The van der Waals surface area contributed by atoms with Gasteiger partial charge in [0.15, 0.2) is 17.3 Å². The highest BCUT2D eigenvalue weighted by molar-refractivity contribution is 6.00. The molecule has 1 spiro atoms. The minimum absolute atomic E-state index is 0.0968. The first-order valence-electron chi connectivity index (χ1n) is 9.11. The van der Waals surface area contributed by atoms with Gasteiger partial charge in [-0.1, -0.05) is 0 Å². The van der Waals surface area contributed by atoms with E-state index in [0.29, 0.717) is 55.2 Å². The summed E-state index contributed by atoms with van der Waals surface area (Å²) >= 11 is 0. The van der Waals surface area contributed by atoms with Crippen LogP contribution in [-0.4, -0.2) is 54.9 Å². The maximum Gasteiger partial charge on any atom is 0.358 e. The Morgan fingerprint density at radius 2 is 1.93 bits per heavy atom. The molecule has 0 radical (unpaired) electrons. The average molecular weight is 383 g/mol. The van der Waals surface area contributed by atoms with Crippen molar-refractivity contribution in [3.05, 3.63) is 41.6 Å². The van der Waals surface area contributed by atoms with Crippen molar-refractivity contribution in [1.82, 2.24) is 10.2 Å². The number of fused-ring (bicyclic) bond motifs is 1. The molecule has 28 heavy (non-hydrogen) atoms. The molecule has 1 fully saturated rings. The van der Waals surface area contributed by atoms with E-state index in [1.165, 1.54) is 7.11 Å². The second kappa shape index (κ2) is 7.10. The predicted molar refractivity (Wildman–Crippen MR) is 100 cm³/mol.